The van der Waals surface area contributed by atoms with Gasteiger partial charge >= 0.3 is 6.09 Å². The summed E-state index contributed by atoms with van der Waals surface area (Å²) in [5.74, 6) is 0.376. The van der Waals surface area contributed by atoms with Gasteiger partial charge in [0.25, 0.3) is 5.91 Å². The first-order chi connectivity index (χ1) is 13.5. The first kappa shape index (κ1) is 17.7. The van der Waals surface area contributed by atoms with Gasteiger partial charge in [0.2, 0.25) is 0 Å². The number of fused-ring (bicyclic) bond motifs is 1. The molecule has 4 N–H and O–H groups in total. The van der Waals surface area contributed by atoms with Crippen LogP contribution in [-0.2, 0) is 9.53 Å². The molecule has 3 heterocycles. The lowest BCUT2D eigenvalue weighted by atomic mass is 10.0. The molecular weight excluding hydrogens is 358 g/mol. The first-order valence-electron chi connectivity index (χ1n) is 8.89. The van der Waals surface area contributed by atoms with Gasteiger partial charge in [-0.2, -0.15) is 0 Å². The molecule has 0 unspecified atom stereocenters. The standard InChI is InChI=1S/C20H19N5O3/c1-11-4-2-3-5-13(11)15-8-12-9-17(23-10-14(12)18(21)24-15)25-20(27)28-16-6-7-22-19(16)26/h2-5,8-10,16H,6-7H2,1H3,(H2,21,24)(H,22,26)(H,23,25,27)/t16-/m1/s1. The molecule has 1 fully saturated rings. The Bertz CT molecular complexity index is 1080. The number of carbonyl (C=O) groups excluding carboxylic acids is 2. The third kappa shape index (κ3) is 3.44. The minimum absolute atomic E-state index is 0.289. The molecule has 1 saturated heterocycles. The maximum absolute atomic E-state index is 12.1. The zero-order valence-electron chi connectivity index (χ0n) is 15.2. The minimum atomic E-state index is -0.770. The highest BCUT2D eigenvalue weighted by atomic mass is 16.6. The number of hydrogen-bond acceptors (Lipinski definition) is 6. The minimum Gasteiger partial charge on any atom is -0.436 e. The predicted octanol–water partition coefficient (Wildman–Crippen LogP) is 2.62. The molecule has 4 rings (SSSR count). The summed E-state index contributed by atoms with van der Waals surface area (Å²) in [6, 6.07) is 11.5. The SMILES string of the molecule is Cc1ccccc1-c1cc2cc(NC(=O)O[C@@H]3CCNC3=O)ncc2c(N)n1. The summed E-state index contributed by atoms with van der Waals surface area (Å²) < 4.78 is 5.13. The molecule has 2 aromatic heterocycles. The molecular formula is C20H19N5O3. The number of benzene rings is 1. The van der Waals surface area contributed by atoms with Crippen LogP contribution in [0.3, 0.4) is 0 Å². The zero-order chi connectivity index (χ0) is 19.7. The van der Waals surface area contributed by atoms with Crippen molar-refractivity contribution in [2.24, 2.45) is 0 Å². The summed E-state index contributed by atoms with van der Waals surface area (Å²) >= 11 is 0. The molecule has 3 aromatic rings. The Hall–Kier alpha value is -3.68. The number of amides is 2. The van der Waals surface area contributed by atoms with E-state index in [1.54, 1.807) is 12.3 Å². The van der Waals surface area contributed by atoms with E-state index in [1.807, 2.05) is 37.3 Å². The average Bonchev–Trinajstić information content (AvgIpc) is 3.06. The van der Waals surface area contributed by atoms with Gasteiger partial charge in [-0.15, -0.1) is 0 Å². The summed E-state index contributed by atoms with van der Waals surface area (Å²) in [6.45, 7) is 2.51. The van der Waals surface area contributed by atoms with E-state index in [9.17, 15) is 9.59 Å². The second-order valence-corrected chi connectivity index (χ2v) is 6.60. The Morgan fingerprint density at radius 1 is 1.32 bits per heavy atom. The molecule has 0 saturated carbocycles. The van der Waals surface area contributed by atoms with Gasteiger partial charge in [0.15, 0.2) is 6.10 Å². The molecule has 1 atom stereocenters. The van der Waals surface area contributed by atoms with Gasteiger partial charge in [-0.25, -0.2) is 14.8 Å². The van der Waals surface area contributed by atoms with Crippen LogP contribution in [0, 0.1) is 6.92 Å². The largest absolute Gasteiger partial charge is 0.436 e. The summed E-state index contributed by atoms with van der Waals surface area (Å²) in [7, 11) is 0. The van der Waals surface area contributed by atoms with Crippen LogP contribution in [0.2, 0.25) is 0 Å². The number of nitrogens with one attached hydrogen (secondary N) is 2. The lowest BCUT2D eigenvalue weighted by molar-refractivity contribution is -0.126. The van der Waals surface area contributed by atoms with Crippen molar-refractivity contribution < 1.29 is 14.3 Å². The van der Waals surface area contributed by atoms with Gasteiger partial charge in [-0.3, -0.25) is 10.1 Å². The van der Waals surface area contributed by atoms with Gasteiger partial charge in [0.05, 0.1) is 5.69 Å². The number of carbonyl (C=O) groups is 2. The zero-order valence-corrected chi connectivity index (χ0v) is 15.2. The van der Waals surface area contributed by atoms with E-state index in [4.69, 9.17) is 10.5 Å². The van der Waals surface area contributed by atoms with Crippen molar-refractivity contribution in [3.8, 4) is 11.3 Å². The number of ether oxygens (including phenoxy) is 1. The molecule has 0 radical (unpaired) electrons. The Balaban J connectivity index is 1.61. The molecule has 142 valence electrons. The van der Waals surface area contributed by atoms with Crippen LogP contribution >= 0.6 is 0 Å². The summed E-state index contributed by atoms with van der Waals surface area (Å²) in [5, 5.41) is 6.65. The predicted molar refractivity (Wildman–Crippen MR) is 106 cm³/mol. The van der Waals surface area contributed by atoms with Gasteiger partial charge < -0.3 is 15.8 Å². The fraction of sp³-hybridized carbons (Fsp3) is 0.200. The van der Waals surface area contributed by atoms with Gasteiger partial charge in [0.1, 0.15) is 11.6 Å². The quantitative estimate of drug-likeness (QED) is 0.645. The Morgan fingerprint density at radius 3 is 2.89 bits per heavy atom. The molecule has 28 heavy (non-hydrogen) atoms. The monoisotopic (exact) mass is 377 g/mol. The van der Waals surface area contributed by atoms with Crippen molar-refractivity contribution in [2.45, 2.75) is 19.4 Å². The fourth-order valence-electron chi connectivity index (χ4n) is 3.19. The highest BCUT2D eigenvalue weighted by molar-refractivity contribution is 5.96. The van der Waals surface area contributed by atoms with Gasteiger partial charge in [0, 0.05) is 30.1 Å². The van der Waals surface area contributed by atoms with Crippen LogP contribution in [0.5, 0.6) is 0 Å². The van der Waals surface area contributed by atoms with E-state index in [1.165, 1.54) is 0 Å². The molecule has 1 aliphatic heterocycles. The highest BCUT2D eigenvalue weighted by Gasteiger charge is 2.27. The number of hydrogen-bond donors (Lipinski definition) is 3. The smallest absolute Gasteiger partial charge is 0.413 e. The van der Waals surface area contributed by atoms with E-state index >= 15 is 0 Å². The molecule has 1 aliphatic rings. The van der Waals surface area contributed by atoms with Crippen LogP contribution in [0.4, 0.5) is 16.4 Å². The highest BCUT2D eigenvalue weighted by Crippen LogP contribution is 2.29. The number of rotatable bonds is 3. The van der Waals surface area contributed by atoms with Crippen molar-refractivity contribution in [3.05, 3.63) is 48.2 Å². The number of anilines is 2. The molecule has 2 amide bonds. The summed E-state index contributed by atoms with van der Waals surface area (Å²) in [5.41, 5.74) is 8.92. The summed E-state index contributed by atoms with van der Waals surface area (Å²) in [6.07, 6.45) is 0.513. The topological polar surface area (TPSA) is 119 Å². The molecule has 0 spiro atoms. The van der Waals surface area contributed by atoms with E-state index in [2.05, 4.69) is 20.6 Å². The fourth-order valence-corrected chi connectivity index (χ4v) is 3.19. The molecule has 8 nitrogen and oxygen atoms in total. The second kappa shape index (κ2) is 7.15. The van der Waals surface area contributed by atoms with Crippen LogP contribution in [-0.4, -0.2) is 34.6 Å². The maximum atomic E-state index is 12.1. The van der Waals surface area contributed by atoms with Crippen LogP contribution in [0.15, 0.2) is 42.6 Å². The number of nitrogens with zero attached hydrogens (tertiary/aromatic N) is 2. The molecule has 0 aliphatic carbocycles. The normalized spacial score (nSPS) is 16.0. The van der Waals surface area contributed by atoms with Crippen LogP contribution < -0.4 is 16.4 Å². The number of pyridine rings is 2. The molecule has 8 heteroatoms. The number of aromatic nitrogens is 2. The Morgan fingerprint density at radius 2 is 2.14 bits per heavy atom. The van der Waals surface area contributed by atoms with Crippen molar-refractivity contribution in [1.29, 1.82) is 0 Å². The third-order valence-corrected chi connectivity index (χ3v) is 4.64. The summed E-state index contributed by atoms with van der Waals surface area (Å²) in [4.78, 5) is 32.3. The number of aryl methyl sites for hydroxylation is 1. The van der Waals surface area contributed by atoms with Crippen LogP contribution in [0.25, 0.3) is 22.0 Å². The van der Waals surface area contributed by atoms with Crippen molar-refractivity contribution in [2.75, 3.05) is 17.6 Å². The van der Waals surface area contributed by atoms with E-state index in [0.29, 0.717) is 30.0 Å². The van der Waals surface area contributed by atoms with E-state index < -0.39 is 12.2 Å². The molecule has 1 aromatic carbocycles. The van der Waals surface area contributed by atoms with Crippen molar-refractivity contribution in [3.63, 3.8) is 0 Å². The lowest BCUT2D eigenvalue weighted by Gasteiger charge is -2.12. The number of nitrogens with two attached hydrogens (primary N) is 1. The van der Waals surface area contributed by atoms with E-state index in [-0.39, 0.29) is 5.91 Å². The Kier molecular flexibility index (Phi) is 4.52. The molecule has 0 bridgehead atoms. The van der Waals surface area contributed by atoms with Crippen molar-refractivity contribution >= 4 is 34.4 Å². The van der Waals surface area contributed by atoms with Gasteiger partial charge in [-0.1, -0.05) is 24.3 Å². The first-order valence-corrected chi connectivity index (χ1v) is 8.89. The average molecular weight is 377 g/mol. The second-order valence-electron chi connectivity index (χ2n) is 6.60. The lowest BCUT2D eigenvalue weighted by Crippen LogP contribution is -2.29. The number of nitrogen functional groups attached to an aromatic ring is 1. The third-order valence-electron chi connectivity index (χ3n) is 4.64. The van der Waals surface area contributed by atoms with E-state index in [0.717, 1.165) is 22.2 Å². The van der Waals surface area contributed by atoms with Gasteiger partial charge in [-0.05, 0) is 30.0 Å². The van der Waals surface area contributed by atoms with Crippen LogP contribution in [0.1, 0.15) is 12.0 Å². The Labute approximate surface area is 161 Å². The maximum Gasteiger partial charge on any atom is 0.413 e. The van der Waals surface area contributed by atoms with Crippen molar-refractivity contribution in [1.82, 2.24) is 15.3 Å².